The van der Waals surface area contributed by atoms with Crippen molar-refractivity contribution in [2.45, 2.75) is 6.54 Å². The molecule has 0 spiro atoms. The molecular formula is C13H11ClN. The van der Waals surface area contributed by atoms with Crippen LogP contribution in [0.2, 0.25) is 5.02 Å². The van der Waals surface area contributed by atoms with Gasteiger partial charge in [-0.1, -0.05) is 54.1 Å². The lowest BCUT2D eigenvalue weighted by molar-refractivity contribution is 1.07. The summed E-state index contributed by atoms with van der Waals surface area (Å²) in [5.74, 6) is 0. The Hall–Kier alpha value is -1.31. The van der Waals surface area contributed by atoms with Gasteiger partial charge in [-0.05, 0) is 11.1 Å². The first-order valence-electron chi connectivity index (χ1n) is 4.77. The van der Waals surface area contributed by atoms with E-state index in [1.807, 2.05) is 36.4 Å². The number of halogens is 1. The monoisotopic (exact) mass is 216 g/mol. The van der Waals surface area contributed by atoms with E-state index in [4.69, 9.17) is 17.3 Å². The fourth-order valence-electron chi connectivity index (χ4n) is 1.46. The molecule has 0 fully saturated rings. The van der Waals surface area contributed by atoms with Gasteiger partial charge in [0.2, 0.25) is 0 Å². The second-order valence-electron chi connectivity index (χ2n) is 3.30. The first-order chi connectivity index (χ1) is 7.31. The van der Waals surface area contributed by atoms with Crippen LogP contribution >= 0.6 is 11.6 Å². The quantitative estimate of drug-likeness (QED) is 0.820. The van der Waals surface area contributed by atoms with E-state index in [1.54, 1.807) is 6.07 Å². The van der Waals surface area contributed by atoms with Gasteiger partial charge in [0.1, 0.15) is 0 Å². The van der Waals surface area contributed by atoms with E-state index >= 15 is 0 Å². The molecule has 0 aromatic heterocycles. The lowest BCUT2D eigenvalue weighted by Gasteiger charge is -2.04. The van der Waals surface area contributed by atoms with Crippen molar-refractivity contribution in [2.75, 3.05) is 0 Å². The Kier molecular flexibility index (Phi) is 3.05. The first-order valence-corrected chi connectivity index (χ1v) is 5.14. The van der Waals surface area contributed by atoms with Crippen LogP contribution in [0.3, 0.4) is 0 Å². The summed E-state index contributed by atoms with van der Waals surface area (Å²) in [5, 5.41) is 0.651. The van der Waals surface area contributed by atoms with Gasteiger partial charge in [0.25, 0.3) is 0 Å². The standard InChI is InChI=1S/C13H11ClN/c14-13-4-2-1-3-12(13)11-7-5-10(9-15)6-8-11/h1-3,5-8H,9,15H2. The van der Waals surface area contributed by atoms with Crippen LogP contribution in [0.15, 0.2) is 42.5 Å². The van der Waals surface area contributed by atoms with E-state index in [2.05, 4.69) is 6.07 Å². The van der Waals surface area contributed by atoms with Crippen molar-refractivity contribution in [3.8, 4) is 11.1 Å². The maximum absolute atomic E-state index is 6.05. The maximum atomic E-state index is 6.05. The molecule has 1 nitrogen and oxygen atoms in total. The largest absolute Gasteiger partial charge is 0.326 e. The normalized spacial score (nSPS) is 10.3. The molecule has 0 saturated carbocycles. The molecule has 75 valence electrons. The molecule has 0 amide bonds. The van der Waals surface area contributed by atoms with Crippen LogP contribution in [-0.2, 0) is 6.54 Å². The fourth-order valence-corrected chi connectivity index (χ4v) is 1.69. The van der Waals surface area contributed by atoms with E-state index in [1.165, 1.54) is 0 Å². The Labute approximate surface area is 94.5 Å². The molecule has 0 saturated heterocycles. The molecule has 1 radical (unpaired) electrons. The van der Waals surface area contributed by atoms with E-state index in [0.29, 0.717) is 11.6 Å². The highest BCUT2D eigenvalue weighted by atomic mass is 35.5. The summed E-state index contributed by atoms with van der Waals surface area (Å²) in [6.07, 6.45) is 0. The molecule has 0 aliphatic rings. The van der Waals surface area contributed by atoms with Crippen LogP contribution in [0.5, 0.6) is 0 Å². The molecule has 0 heterocycles. The summed E-state index contributed by atoms with van der Waals surface area (Å²) in [4.78, 5) is 0. The number of rotatable bonds is 2. The van der Waals surface area contributed by atoms with Crippen molar-refractivity contribution in [3.63, 3.8) is 0 Å². The minimum atomic E-state index is 0.564. The van der Waals surface area contributed by atoms with Crippen molar-refractivity contribution < 1.29 is 0 Å². The average Bonchev–Trinajstić information content (AvgIpc) is 2.30. The van der Waals surface area contributed by atoms with E-state index < -0.39 is 0 Å². The minimum Gasteiger partial charge on any atom is -0.326 e. The van der Waals surface area contributed by atoms with E-state index in [-0.39, 0.29) is 0 Å². The van der Waals surface area contributed by atoms with Crippen LogP contribution < -0.4 is 5.73 Å². The lowest BCUT2D eigenvalue weighted by Crippen LogP contribution is -1.95. The van der Waals surface area contributed by atoms with Gasteiger partial charge < -0.3 is 5.73 Å². The van der Waals surface area contributed by atoms with Gasteiger partial charge >= 0.3 is 0 Å². The highest BCUT2D eigenvalue weighted by Gasteiger charge is 2.01. The zero-order chi connectivity index (χ0) is 10.7. The zero-order valence-corrected chi connectivity index (χ0v) is 8.96. The van der Waals surface area contributed by atoms with Gasteiger partial charge in [-0.3, -0.25) is 0 Å². The van der Waals surface area contributed by atoms with Crippen LogP contribution in [0.4, 0.5) is 0 Å². The summed E-state index contributed by atoms with van der Waals surface area (Å²) < 4.78 is 0. The Balaban J connectivity index is 2.42. The number of hydrogen-bond acceptors (Lipinski definition) is 1. The predicted molar refractivity (Wildman–Crippen MR) is 63.6 cm³/mol. The molecule has 0 aliphatic heterocycles. The third-order valence-electron chi connectivity index (χ3n) is 2.31. The Morgan fingerprint density at radius 3 is 2.47 bits per heavy atom. The lowest BCUT2D eigenvalue weighted by atomic mass is 10.0. The smallest absolute Gasteiger partial charge is 0.0563 e. The summed E-state index contributed by atoms with van der Waals surface area (Å²) in [7, 11) is 0. The van der Waals surface area contributed by atoms with Gasteiger partial charge in [-0.15, -0.1) is 0 Å². The molecule has 0 unspecified atom stereocenters. The van der Waals surface area contributed by atoms with E-state index in [0.717, 1.165) is 16.7 Å². The molecule has 2 heteroatoms. The van der Waals surface area contributed by atoms with Crippen LogP contribution in [-0.4, -0.2) is 0 Å². The summed E-state index contributed by atoms with van der Waals surface area (Å²) in [5.41, 5.74) is 8.75. The predicted octanol–water partition coefficient (Wildman–Crippen LogP) is 3.27. The molecule has 2 aromatic rings. The molecule has 2 N–H and O–H groups in total. The number of nitrogens with two attached hydrogens (primary N) is 1. The van der Waals surface area contributed by atoms with Gasteiger partial charge in [-0.2, -0.15) is 0 Å². The van der Waals surface area contributed by atoms with E-state index in [9.17, 15) is 0 Å². The molecule has 2 rings (SSSR count). The third kappa shape index (κ3) is 2.20. The van der Waals surface area contributed by atoms with Gasteiger partial charge in [-0.25, -0.2) is 0 Å². The first kappa shape index (κ1) is 10.2. The number of benzene rings is 2. The zero-order valence-electron chi connectivity index (χ0n) is 8.20. The third-order valence-corrected chi connectivity index (χ3v) is 2.62. The summed E-state index contributed by atoms with van der Waals surface area (Å²) >= 11 is 6.05. The molecular weight excluding hydrogens is 206 g/mol. The molecule has 2 aromatic carbocycles. The average molecular weight is 217 g/mol. The summed E-state index contributed by atoms with van der Waals surface area (Å²) in [6.45, 7) is 0.564. The second kappa shape index (κ2) is 4.47. The van der Waals surface area contributed by atoms with Crippen molar-refractivity contribution in [3.05, 3.63) is 59.1 Å². The SMILES string of the molecule is NCc1ccc(-c2ccc[c]c2Cl)cc1. The van der Waals surface area contributed by atoms with Crippen molar-refractivity contribution in [2.24, 2.45) is 5.73 Å². The number of hydrogen-bond donors (Lipinski definition) is 1. The van der Waals surface area contributed by atoms with Crippen molar-refractivity contribution in [1.82, 2.24) is 0 Å². The topological polar surface area (TPSA) is 26.0 Å². The molecule has 0 aliphatic carbocycles. The molecule has 15 heavy (non-hydrogen) atoms. The van der Waals surface area contributed by atoms with Crippen molar-refractivity contribution >= 4 is 11.6 Å². The minimum absolute atomic E-state index is 0.564. The van der Waals surface area contributed by atoms with Crippen molar-refractivity contribution in [1.29, 1.82) is 0 Å². The van der Waals surface area contributed by atoms with Crippen LogP contribution in [0.25, 0.3) is 11.1 Å². The highest BCUT2D eigenvalue weighted by molar-refractivity contribution is 6.33. The Bertz CT molecular complexity index is 448. The van der Waals surface area contributed by atoms with Gasteiger partial charge in [0, 0.05) is 18.2 Å². The van der Waals surface area contributed by atoms with Crippen LogP contribution in [0, 0.1) is 6.07 Å². The Morgan fingerprint density at radius 1 is 1.13 bits per heavy atom. The van der Waals surface area contributed by atoms with Gasteiger partial charge in [0.05, 0.1) is 5.02 Å². The van der Waals surface area contributed by atoms with Gasteiger partial charge in [0.15, 0.2) is 0 Å². The summed E-state index contributed by atoms with van der Waals surface area (Å²) in [6, 6.07) is 16.8. The highest BCUT2D eigenvalue weighted by Crippen LogP contribution is 2.26. The molecule has 0 atom stereocenters. The fraction of sp³-hybridized carbons (Fsp3) is 0.0769. The maximum Gasteiger partial charge on any atom is 0.0563 e. The van der Waals surface area contributed by atoms with Crippen LogP contribution in [0.1, 0.15) is 5.56 Å². The Morgan fingerprint density at radius 2 is 1.87 bits per heavy atom. The molecule has 0 bridgehead atoms. The second-order valence-corrected chi connectivity index (χ2v) is 3.68.